The van der Waals surface area contributed by atoms with Crippen LogP contribution in [-0.2, 0) is 28.9 Å². The lowest BCUT2D eigenvalue weighted by molar-refractivity contribution is -0.139. The summed E-state index contributed by atoms with van der Waals surface area (Å²) in [6.45, 7) is 2.36. The molecular weight excluding hydrogens is 373 g/mol. The van der Waals surface area contributed by atoms with Crippen LogP contribution in [0.5, 0.6) is 0 Å². The lowest BCUT2D eigenvalue weighted by Crippen LogP contribution is -2.45. The van der Waals surface area contributed by atoms with Crippen molar-refractivity contribution in [2.75, 3.05) is 6.54 Å². The van der Waals surface area contributed by atoms with E-state index in [4.69, 9.17) is 0 Å². The molecule has 6 nitrogen and oxygen atoms in total. The molecule has 1 aromatic heterocycles. The number of halogens is 3. The minimum atomic E-state index is -4.44. The minimum Gasteiger partial charge on any atom is -0.350 e. The van der Waals surface area contributed by atoms with Gasteiger partial charge in [-0.05, 0) is 37.1 Å². The molecule has 2 heterocycles. The van der Waals surface area contributed by atoms with Gasteiger partial charge in [-0.1, -0.05) is 12.1 Å². The highest BCUT2D eigenvalue weighted by Crippen LogP contribution is 2.30. The van der Waals surface area contributed by atoms with Crippen molar-refractivity contribution in [1.29, 1.82) is 0 Å². The van der Waals surface area contributed by atoms with Crippen LogP contribution in [0.15, 0.2) is 30.3 Å². The third kappa shape index (κ3) is 4.90. The van der Waals surface area contributed by atoms with E-state index >= 15 is 0 Å². The fraction of sp³-hybridized carbons (Fsp3) is 0.421. The lowest BCUT2D eigenvalue weighted by atomic mass is 9.96. The summed E-state index contributed by atoms with van der Waals surface area (Å²) in [5, 5.41) is 9.64. The van der Waals surface area contributed by atoms with Crippen LogP contribution in [0.3, 0.4) is 0 Å². The number of hydrogen-bond donors (Lipinski definition) is 2. The zero-order valence-corrected chi connectivity index (χ0v) is 15.3. The second-order valence-corrected chi connectivity index (χ2v) is 6.97. The van der Waals surface area contributed by atoms with Crippen molar-refractivity contribution in [3.8, 4) is 0 Å². The summed E-state index contributed by atoms with van der Waals surface area (Å²) in [7, 11) is 0. The number of carbonyl (C=O) groups excluding carboxylic acids is 2. The highest BCUT2D eigenvalue weighted by molar-refractivity contribution is 5.83. The highest BCUT2D eigenvalue weighted by Gasteiger charge is 2.32. The van der Waals surface area contributed by atoms with E-state index in [2.05, 4.69) is 15.5 Å². The van der Waals surface area contributed by atoms with Gasteiger partial charge < -0.3 is 10.2 Å². The Kier molecular flexibility index (Phi) is 5.71. The number of rotatable bonds is 5. The van der Waals surface area contributed by atoms with E-state index in [1.54, 1.807) is 6.07 Å². The molecule has 150 valence electrons. The molecule has 2 N–H and O–H groups in total. The number of aromatic nitrogens is 2. The molecule has 1 unspecified atom stereocenters. The maximum Gasteiger partial charge on any atom is 0.416 e. The fourth-order valence-corrected chi connectivity index (χ4v) is 3.24. The van der Waals surface area contributed by atoms with E-state index in [1.165, 1.54) is 11.0 Å². The number of aryl methyl sites for hydroxylation is 1. The van der Waals surface area contributed by atoms with E-state index < -0.39 is 17.7 Å². The SMILES string of the molecule is Cc1cc(CNC(=O)C2CCC(=O)N(Cc3cccc(C(F)(F)F)c3)C2)n[nH]1. The van der Waals surface area contributed by atoms with Gasteiger partial charge in [-0.15, -0.1) is 0 Å². The average Bonchev–Trinajstić information content (AvgIpc) is 3.06. The molecule has 1 aromatic carbocycles. The van der Waals surface area contributed by atoms with Crippen LogP contribution in [0.4, 0.5) is 13.2 Å². The third-order valence-corrected chi connectivity index (χ3v) is 4.70. The molecule has 2 aromatic rings. The largest absolute Gasteiger partial charge is 0.416 e. The molecule has 1 fully saturated rings. The van der Waals surface area contributed by atoms with E-state index in [0.717, 1.165) is 17.8 Å². The summed E-state index contributed by atoms with van der Waals surface area (Å²) in [5.41, 5.74) is 1.23. The van der Waals surface area contributed by atoms with Crippen LogP contribution in [-0.4, -0.2) is 33.5 Å². The maximum absolute atomic E-state index is 12.9. The molecule has 2 amide bonds. The normalized spacial score (nSPS) is 17.6. The van der Waals surface area contributed by atoms with Crippen LogP contribution in [0, 0.1) is 12.8 Å². The molecular formula is C19H21F3N4O2. The summed E-state index contributed by atoms with van der Waals surface area (Å²) in [5.74, 6) is -0.755. The Morgan fingerprint density at radius 2 is 2.14 bits per heavy atom. The fourth-order valence-electron chi connectivity index (χ4n) is 3.24. The van der Waals surface area contributed by atoms with Gasteiger partial charge in [0.15, 0.2) is 0 Å². The topological polar surface area (TPSA) is 78.1 Å². The summed E-state index contributed by atoms with van der Waals surface area (Å²) >= 11 is 0. The first-order chi connectivity index (χ1) is 13.2. The number of hydrogen-bond acceptors (Lipinski definition) is 3. The molecule has 0 radical (unpaired) electrons. The Morgan fingerprint density at radius 3 is 2.82 bits per heavy atom. The number of H-pyrrole nitrogens is 1. The van der Waals surface area contributed by atoms with Gasteiger partial charge in [0.1, 0.15) is 0 Å². The summed E-state index contributed by atoms with van der Waals surface area (Å²) in [4.78, 5) is 26.1. The van der Waals surface area contributed by atoms with Crippen LogP contribution in [0.25, 0.3) is 0 Å². The highest BCUT2D eigenvalue weighted by atomic mass is 19.4. The first kappa shape index (κ1) is 19.9. The quantitative estimate of drug-likeness (QED) is 0.819. The molecule has 0 aliphatic carbocycles. The van der Waals surface area contributed by atoms with Crippen LogP contribution < -0.4 is 5.32 Å². The Labute approximate surface area is 160 Å². The van der Waals surface area contributed by atoms with E-state index in [0.29, 0.717) is 17.7 Å². The van der Waals surface area contributed by atoms with Crippen molar-refractivity contribution in [2.45, 2.75) is 39.0 Å². The Hall–Kier alpha value is -2.84. The summed E-state index contributed by atoms with van der Waals surface area (Å²) in [6.07, 6.45) is -3.82. The number of piperidine rings is 1. The number of nitrogens with zero attached hydrogens (tertiary/aromatic N) is 2. The van der Waals surface area contributed by atoms with Crippen molar-refractivity contribution in [2.24, 2.45) is 5.92 Å². The van der Waals surface area contributed by atoms with Gasteiger partial charge in [0, 0.05) is 25.2 Å². The first-order valence-electron chi connectivity index (χ1n) is 8.95. The van der Waals surface area contributed by atoms with Crippen LogP contribution in [0.2, 0.25) is 0 Å². The monoisotopic (exact) mass is 394 g/mol. The number of likely N-dealkylation sites (tertiary alicyclic amines) is 1. The van der Waals surface area contributed by atoms with Gasteiger partial charge in [-0.3, -0.25) is 14.7 Å². The van der Waals surface area contributed by atoms with Crippen LogP contribution >= 0.6 is 0 Å². The molecule has 1 saturated heterocycles. The molecule has 3 rings (SSSR count). The zero-order valence-electron chi connectivity index (χ0n) is 15.3. The number of alkyl halides is 3. The Balaban J connectivity index is 1.61. The molecule has 0 spiro atoms. The van der Waals surface area contributed by atoms with Gasteiger partial charge in [-0.25, -0.2) is 0 Å². The van der Waals surface area contributed by atoms with Crippen molar-refractivity contribution < 1.29 is 22.8 Å². The Morgan fingerprint density at radius 1 is 1.36 bits per heavy atom. The standard InChI is InChI=1S/C19H21F3N4O2/c1-12-7-16(25-24-12)9-23-18(28)14-5-6-17(27)26(11-14)10-13-3-2-4-15(8-13)19(20,21)22/h2-4,7-8,14H,5-6,9-11H2,1H3,(H,23,28)(H,24,25). The van der Waals surface area contributed by atoms with Crippen molar-refractivity contribution in [3.05, 3.63) is 52.8 Å². The van der Waals surface area contributed by atoms with Gasteiger partial charge >= 0.3 is 6.18 Å². The maximum atomic E-state index is 12.9. The van der Waals surface area contributed by atoms with Crippen molar-refractivity contribution in [3.63, 3.8) is 0 Å². The average molecular weight is 394 g/mol. The zero-order chi connectivity index (χ0) is 20.3. The Bertz CT molecular complexity index is 863. The van der Waals surface area contributed by atoms with Crippen LogP contribution in [0.1, 0.15) is 35.4 Å². The second kappa shape index (κ2) is 8.04. The van der Waals surface area contributed by atoms with Gasteiger partial charge in [-0.2, -0.15) is 18.3 Å². The smallest absolute Gasteiger partial charge is 0.350 e. The van der Waals surface area contributed by atoms with Gasteiger partial charge in [0.2, 0.25) is 11.8 Å². The second-order valence-electron chi connectivity index (χ2n) is 6.97. The van der Waals surface area contributed by atoms with Crippen molar-refractivity contribution in [1.82, 2.24) is 20.4 Å². The molecule has 1 aliphatic rings. The van der Waals surface area contributed by atoms with E-state index in [9.17, 15) is 22.8 Å². The predicted octanol–water partition coefficient (Wildman–Crippen LogP) is 2.79. The molecule has 9 heteroatoms. The first-order valence-corrected chi connectivity index (χ1v) is 8.95. The van der Waals surface area contributed by atoms with E-state index in [-0.39, 0.29) is 37.9 Å². The van der Waals surface area contributed by atoms with E-state index in [1.807, 2.05) is 13.0 Å². The number of nitrogens with one attached hydrogen (secondary N) is 2. The molecule has 28 heavy (non-hydrogen) atoms. The summed E-state index contributed by atoms with van der Waals surface area (Å²) in [6, 6.07) is 6.73. The van der Waals surface area contributed by atoms with Gasteiger partial charge in [0.05, 0.1) is 23.7 Å². The van der Waals surface area contributed by atoms with Gasteiger partial charge in [0.25, 0.3) is 0 Å². The number of aromatic amines is 1. The molecule has 1 aliphatic heterocycles. The number of benzene rings is 1. The van der Waals surface area contributed by atoms with Crippen molar-refractivity contribution >= 4 is 11.8 Å². The third-order valence-electron chi connectivity index (χ3n) is 4.70. The summed E-state index contributed by atoms with van der Waals surface area (Å²) < 4.78 is 38.6. The number of amides is 2. The molecule has 0 saturated carbocycles. The minimum absolute atomic E-state index is 0.0467. The lowest BCUT2D eigenvalue weighted by Gasteiger charge is -2.32. The number of carbonyl (C=O) groups is 2. The molecule has 1 atom stereocenters. The predicted molar refractivity (Wildman–Crippen MR) is 94.8 cm³/mol. The molecule has 0 bridgehead atoms.